The summed E-state index contributed by atoms with van der Waals surface area (Å²) >= 11 is 0. The number of benzene rings is 1. The molecule has 10 heteroatoms. The summed E-state index contributed by atoms with van der Waals surface area (Å²) in [6.45, 7) is 3.71. The lowest BCUT2D eigenvalue weighted by atomic mass is 10.0. The van der Waals surface area contributed by atoms with Crippen LogP contribution in [-0.4, -0.2) is 29.8 Å². The van der Waals surface area contributed by atoms with E-state index in [0.717, 1.165) is 17.7 Å². The van der Waals surface area contributed by atoms with Crippen molar-refractivity contribution in [2.75, 3.05) is 0 Å². The molecule has 0 saturated carbocycles. The Hall–Kier alpha value is -3.56. The SMILES string of the molecule is CCc1nnc2c(C)cc(Oc3cc(C(F)(F)F)ccc3-c3cncnc3)nn12. The molecule has 0 fully saturated rings. The predicted molar refractivity (Wildman–Crippen MR) is 97.4 cm³/mol. The molecular weight excluding hydrogens is 385 g/mol. The van der Waals surface area contributed by atoms with Crippen LogP contribution in [0.15, 0.2) is 43.0 Å². The highest BCUT2D eigenvalue weighted by atomic mass is 19.4. The lowest BCUT2D eigenvalue weighted by Gasteiger charge is -2.14. The Labute approximate surface area is 163 Å². The molecule has 0 spiro atoms. The maximum Gasteiger partial charge on any atom is 0.416 e. The number of alkyl halides is 3. The van der Waals surface area contributed by atoms with E-state index < -0.39 is 11.7 Å². The third kappa shape index (κ3) is 3.60. The van der Waals surface area contributed by atoms with E-state index >= 15 is 0 Å². The average Bonchev–Trinajstić information content (AvgIpc) is 3.11. The molecule has 148 valence electrons. The Morgan fingerprint density at radius 1 is 1.07 bits per heavy atom. The van der Waals surface area contributed by atoms with Crippen LogP contribution in [0.25, 0.3) is 16.8 Å². The van der Waals surface area contributed by atoms with Crippen molar-refractivity contribution in [1.82, 2.24) is 29.8 Å². The van der Waals surface area contributed by atoms with Crippen molar-refractivity contribution in [3.8, 4) is 22.8 Å². The van der Waals surface area contributed by atoms with Crippen molar-refractivity contribution in [2.45, 2.75) is 26.4 Å². The van der Waals surface area contributed by atoms with Crippen molar-refractivity contribution in [3.63, 3.8) is 0 Å². The molecule has 0 amide bonds. The van der Waals surface area contributed by atoms with Gasteiger partial charge in [-0.2, -0.15) is 17.7 Å². The Bertz CT molecular complexity index is 1170. The molecule has 0 unspecified atom stereocenters. The largest absolute Gasteiger partial charge is 0.437 e. The highest BCUT2D eigenvalue weighted by molar-refractivity contribution is 5.70. The number of rotatable bonds is 4. The van der Waals surface area contributed by atoms with Gasteiger partial charge in [0.1, 0.15) is 12.1 Å². The maximum absolute atomic E-state index is 13.3. The van der Waals surface area contributed by atoms with Crippen LogP contribution in [0.2, 0.25) is 0 Å². The fourth-order valence-electron chi connectivity index (χ4n) is 2.88. The molecule has 3 aromatic heterocycles. The molecule has 0 bridgehead atoms. The van der Waals surface area contributed by atoms with Crippen LogP contribution in [0.5, 0.6) is 11.6 Å². The van der Waals surface area contributed by atoms with E-state index in [4.69, 9.17) is 4.74 Å². The van der Waals surface area contributed by atoms with E-state index in [2.05, 4.69) is 25.3 Å². The number of halogens is 3. The molecule has 7 nitrogen and oxygen atoms in total. The molecule has 3 heterocycles. The van der Waals surface area contributed by atoms with Crippen LogP contribution in [0.1, 0.15) is 23.9 Å². The number of aromatic nitrogens is 6. The van der Waals surface area contributed by atoms with Crippen LogP contribution >= 0.6 is 0 Å². The van der Waals surface area contributed by atoms with Gasteiger partial charge < -0.3 is 4.74 Å². The summed E-state index contributed by atoms with van der Waals surface area (Å²) in [5.41, 5.74) is 1.41. The monoisotopic (exact) mass is 400 g/mol. The molecule has 29 heavy (non-hydrogen) atoms. The first-order valence-corrected chi connectivity index (χ1v) is 8.73. The van der Waals surface area contributed by atoms with Crippen molar-refractivity contribution in [1.29, 1.82) is 0 Å². The van der Waals surface area contributed by atoms with E-state index in [0.29, 0.717) is 29.0 Å². The van der Waals surface area contributed by atoms with Crippen molar-refractivity contribution < 1.29 is 17.9 Å². The lowest BCUT2D eigenvalue weighted by molar-refractivity contribution is -0.137. The van der Waals surface area contributed by atoms with Crippen molar-refractivity contribution >= 4 is 5.65 Å². The smallest absolute Gasteiger partial charge is 0.416 e. The van der Waals surface area contributed by atoms with Gasteiger partial charge in [-0.15, -0.1) is 15.3 Å². The molecule has 0 radical (unpaired) electrons. The van der Waals surface area contributed by atoms with E-state index in [9.17, 15) is 13.2 Å². The summed E-state index contributed by atoms with van der Waals surface area (Å²) in [5.74, 6) is 0.739. The number of nitrogens with zero attached hydrogens (tertiary/aromatic N) is 6. The standard InChI is InChI=1S/C19H15F3N6O/c1-3-16-25-26-18-11(2)6-17(27-28(16)18)29-15-7-13(19(20,21)22)4-5-14(15)12-8-23-10-24-9-12/h4-10H,3H2,1-2H3. The minimum atomic E-state index is -4.51. The third-order valence-electron chi connectivity index (χ3n) is 4.31. The number of hydrogen-bond acceptors (Lipinski definition) is 6. The van der Waals surface area contributed by atoms with Crippen LogP contribution < -0.4 is 4.74 Å². The van der Waals surface area contributed by atoms with E-state index in [1.54, 1.807) is 13.0 Å². The average molecular weight is 400 g/mol. The van der Waals surface area contributed by atoms with Gasteiger partial charge in [0.05, 0.1) is 5.56 Å². The van der Waals surface area contributed by atoms with Crippen molar-refractivity contribution in [3.05, 3.63) is 59.9 Å². The van der Waals surface area contributed by atoms with E-state index in [-0.39, 0.29) is 11.6 Å². The summed E-state index contributed by atoms with van der Waals surface area (Å²) in [4.78, 5) is 7.85. The zero-order valence-corrected chi connectivity index (χ0v) is 15.5. The van der Waals surface area contributed by atoms with Gasteiger partial charge in [-0.1, -0.05) is 6.92 Å². The second kappa shape index (κ2) is 7.12. The second-order valence-electron chi connectivity index (χ2n) is 6.31. The summed E-state index contributed by atoms with van der Waals surface area (Å²) in [7, 11) is 0. The molecule has 4 aromatic rings. The molecule has 0 N–H and O–H groups in total. The Balaban J connectivity index is 1.84. The maximum atomic E-state index is 13.3. The summed E-state index contributed by atoms with van der Waals surface area (Å²) < 4.78 is 47.1. The van der Waals surface area contributed by atoms with E-state index in [1.165, 1.54) is 29.3 Å². The number of aryl methyl sites for hydroxylation is 2. The first kappa shape index (κ1) is 18.8. The number of fused-ring (bicyclic) bond motifs is 1. The van der Waals surface area contributed by atoms with Gasteiger partial charge in [0.15, 0.2) is 11.5 Å². The van der Waals surface area contributed by atoms with Crippen LogP contribution in [0.3, 0.4) is 0 Å². The van der Waals surface area contributed by atoms with Gasteiger partial charge in [-0.05, 0) is 25.1 Å². The fraction of sp³-hybridized carbons (Fsp3) is 0.211. The second-order valence-corrected chi connectivity index (χ2v) is 6.31. The first-order chi connectivity index (χ1) is 13.9. The minimum Gasteiger partial charge on any atom is -0.437 e. The summed E-state index contributed by atoms with van der Waals surface area (Å²) in [5, 5.41) is 12.5. The Morgan fingerprint density at radius 3 is 2.52 bits per heavy atom. The summed E-state index contributed by atoms with van der Waals surface area (Å²) in [6.07, 6.45) is 0.415. The quantitative estimate of drug-likeness (QED) is 0.509. The van der Waals surface area contributed by atoms with Crippen LogP contribution in [0.4, 0.5) is 13.2 Å². The third-order valence-corrected chi connectivity index (χ3v) is 4.31. The normalized spacial score (nSPS) is 11.8. The molecule has 0 aliphatic carbocycles. The molecule has 0 aliphatic heterocycles. The van der Waals surface area contributed by atoms with Crippen LogP contribution in [0, 0.1) is 6.92 Å². The molecule has 0 saturated heterocycles. The number of hydrogen-bond donors (Lipinski definition) is 0. The molecule has 0 atom stereocenters. The highest BCUT2D eigenvalue weighted by Gasteiger charge is 2.31. The van der Waals surface area contributed by atoms with Gasteiger partial charge in [0, 0.05) is 41.6 Å². The van der Waals surface area contributed by atoms with Gasteiger partial charge in [-0.3, -0.25) is 0 Å². The Morgan fingerprint density at radius 2 is 1.83 bits per heavy atom. The van der Waals surface area contributed by atoms with Gasteiger partial charge >= 0.3 is 6.18 Å². The number of ether oxygens (including phenoxy) is 1. The summed E-state index contributed by atoms with van der Waals surface area (Å²) in [6, 6.07) is 4.87. The topological polar surface area (TPSA) is 78.1 Å². The van der Waals surface area contributed by atoms with Gasteiger partial charge in [-0.25, -0.2) is 9.97 Å². The van der Waals surface area contributed by atoms with E-state index in [1.807, 2.05) is 6.92 Å². The first-order valence-electron chi connectivity index (χ1n) is 8.73. The predicted octanol–water partition coefficient (Wildman–Crippen LogP) is 4.26. The lowest BCUT2D eigenvalue weighted by Crippen LogP contribution is -2.06. The fourth-order valence-corrected chi connectivity index (χ4v) is 2.88. The van der Waals surface area contributed by atoms with Crippen LogP contribution in [-0.2, 0) is 12.6 Å². The zero-order valence-electron chi connectivity index (χ0n) is 15.5. The molecule has 1 aromatic carbocycles. The van der Waals surface area contributed by atoms with Crippen molar-refractivity contribution in [2.24, 2.45) is 0 Å². The molecule has 0 aliphatic rings. The van der Waals surface area contributed by atoms with Gasteiger partial charge in [0.2, 0.25) is 5.88 Å². The zero-order chi connectivity index (χ0) is 20.6. The Kier molecular flexibility index (Phi) is 4.61. The highest BCUT2D eigenvalue weighted by Crippen LogP contribution is 2.38. The van der Waals surface area contributed by atoms with Gasteiger partial charge in [0.25, 0.3) is 0 Å². The molecule has 4 rings (SSSR count). The molecular formula is C19H15F3N6O. The minimum absolute atomic E-state index is 0.00741.